The number of amides is 1. The predicted molar refractivity (Wildman–Crippen MR) is 107 cm³/mol. The highest BCUT2D eigenvalue weighted by Gasteiger charge is 2.35. The van der Waals surface area contributed by atoms with Gasteiger partial charge in [0, 0.05) is 24.6 Å². The predicted octanol–water partition coefficient (Wildman–Crippen LogP) is 2.18. The molecule has 0 aliphatic carbocycles. The summed E-state index contributed by atoms with van der Waals surface area (Å²) >= 11 is 0. The molecule has 2 aromatic carbocycles. The summed E-state index contributed by atoms with van der Waals surface area (Å²) in [6.45, 7) is 3.51. The number of nitrogens with zero attached hydrogens (tertiary/aromatic N) is 1. The van der Waals surface area contributed by atoms with Crippen molar-refractivity contribution >= 4 is 21.6 Å². The van der Waals surface area contributed by atoms with E-state index in [2.05, 4.69) is 16.9 Å². The molecule has 1 heterocycles. The van der Waals surface area contributed by atoms with Crippen molar-refractivity contribution in [2.24, 2.45) is 11.7 Å². The van der Waals surface area contributed by atoms with Crippen molar-refractivity contribution in [1.29, 1.82) is 0 Å². The van der Waals surface area contributed by atoms with Gasteiger partial charge in [-0.05, 0) is 42.6 Å². The van der Waals surface area contributed by atoms with E-state index in [1.165, 1.54) is 5.56 Å². The second-order valence-corrected chi connectivity index (χ2v) is 8.88. The van der Waals surface area contributed by atoms with Crippen LogP contribution in [0.25, 0.3) is 0 Å². The van der Waals surface area contributed by atoms with E-state index in [9.17, 15) is 13.2 Å². The molecule has 3 rings (SSSR count). The molecular formula is C20H25N3O3S. The van der Waals surface area contributed by atoms with Crippen LogP contribution in [0.15, 0.2) is 48.5 Å². The zero-order valence-corrected chi connectivity index (χ0v) is 16.4. The molecule has 3 N–H and O–H groups in total. The van der Waals surface area contributed by atoms with E-state index < -0.39 is 10.0 Å². The first kappa shape index (κ1) is 19.4. The molecule has 0 spiro atoms. The van der Waals surface area contributed by atoms with Crippen LogP contribution in [-0.4, -0.2) is 45.1 Å². The summed E-state index contributed by atoms with van der Waals surface area (Å²) in [4.78, 5) is 14.8. The van der Waals surface area contributed by atoms with Gasteiger partial charge >= 0.3 is 0 Å². The van der Waals surface area contributed by atoms with Crippen LogP contribution < -0.4 is 10.5 Å². The smallest absolute Gasteiger partial charge is 0.253 e. The number of carbonyl (C=O) groups excluding carboxylic acids is 1. The van der Waals surface area contributed by atoms with Crippen LogP contribution in [0.5, 0.6) is 0 Å². The Morgan fingerprint density at radius 3 is 2.52 bits per heavy atom. The molecule has 0 radical (unpaired) electrons. The number of anilines is 1. The van der Waals surface area contributed by atoms with Gasteiger partial charge in [0.1, 0.15) is 0 Å². The first-order valence-corrected chi connectivity index (χ1v) is 10.8. The van der Waals surface area contributed by atoms with Gasteiger partial charge in [-0.15, -0.1) is 0 Å². The molecule has 27 heavy (non-hydrogen) atoms. The van der Waals surface area contributed by atoms with Crippen LogP contribution in [0.4, 0.5) is 5.69 Å². The minimum absolute atomic E-state index is 0.108. The summed E-state index contributed by atoms with van der Waals surface area (Å²) in [5, 5.41) is 0. The fourth-order valence-electron chi connectivity index (χ4n) is 3.60. The van der Waals surface area contributed by atoms with Crippen molar-refractivity contribution in [3.05, 3.63) is 65.2 Å². The number of nitrogens with two attached hydrogens (primary N) is 1. The fraction of sp³-hybridized carbons (Fsp3) is 0.350. The quantitative estimate of drug-likeness (QED) is 0.822. The van der Waals surface area contributed by atoms with Crippen LogP contribution in [0, 0.1) is 12.8 Å². The third-order valence-electron chi connectivity index (χ3n) is 5.04. The summed E-state index contributed by atoms with van der Waals surface area (Å²) < 4.78 is 25.6. The van der Waals surface area contributed by atoms with Crippen molar-refractivity contribution < 1.29 is 13.2 Å². The first-order valence-electron chi connectivity index (χ1n) is 8.91. The Bertz CT molecular complexity index is 929. The van der Waals surface area contributed by atoms with E-state index in [0.717, 1.165) is 11.8 Å². The number of likely N-dealkylation sites (tertiary alicyclic amines) is 1. The minimum Gasteiger partial charge on any atom is -0.338 e. The Balaban J connectivity index is 1.83. The summed E-state index contributed by atoms with van der Waals surface area (Å²) in [5.74, 6) is 0.304. The number of hydrogen-bond donors (Lipinski definition) is 2. The number of nitrogens with one attached hydrogen (secondary N) is 1. The highest BCUT2D eigenvalue weighted by Crippen LogP contribution is 2.33. The van der Waals surface area contributed by atoms with Crippen LogP contribution >= 0.6 is 0 Å². The van der Waals surface area contributed by atoms with E-state index in [0.29, 0.717) is 30.9 Å². The molecule has 144 valence electrons. The van der Waals surface area contributed by atoms with E-state index in [-0.39, 0.29) is 17.7 Å². The molecule has 6 nitrogen and oxygen atoms in total. The number of sulfonamides is 1. The highest BCUT2D eigenvalue weighted by atomic mass is 32.2. The van der Waals surface area contributed by atoms with Gasteiger partial charge in [-0.25, -0.2) is 8.42 Å². The fourth-order valence-corrected chi connectivity index (χ4v) is 4.22. The second kappa shape index (κ2) is 7.70. The number of hydrogen-bond acceptors (Lipinski definition) is 4. The lowest BCUT2D eigenvalue weighted by molar-refractivity contribution is 0.0786. The molecule has 2 atom stereocenters. The summed E-state index contributed by atoms with van der Waals surface area (Å²) in [6.07, 6.45) is 1.09. The molecule has 1 aliphatic heterocycles. The van der Waals surface area contributed by atoms with E-state index in [4.69, 9.17) is 5.73 Å². The molecule has 0 unspecified atom stereocenters. The van der Waals surface area contributed by atoms with Crippen molar-refractivity contribution in [2.45, 2.75) is 12.8 Å². The molecule has 1 saturated heterocycles. The first-order chi connectivity index (χ1) is 12.8. The third-order valence-corrected chi connectivity index (χ3v) is 5.63. The Hall–Kier alpha value is -2.38. The Kier molecular flexibility index (Phi) is 5.53. The summed E-state index contributed by atoms with van der Waals surface area (Å²) in [5.41, 5.74) is 8.81. The minimum atomic E-state index is -3.41. The van der Waals surface area contributed by atoms with E-state index in [1.807, 2.05) is 23.1 Å². The maximum Gasteiger partial charge on any atom is 0.253 e. The molecule has 0 aromatic heterocycles. The molecule has 0 bridgehead atoms. The van der Waals surface area contributed by atoms with Crippen molar-refractivity contribution in [3.8, 4) is 0 Å². The zero-order valence-electron chi connectivity index (χ0n) is 15.6. The standard InChI is InChI=1S/C20H25N3O3S/c1-14-8-9-16(10-19(14)22-27(2,25)26)20(24)23-12-17(11-21)18(13-23)15-6-4-3-5-7-15/h3-10,17-18,22H,11-13,21H2,1-2H3/t17-,18+/m1/s1. The van der Waals surface area contributed by atoms with Crippen molar-refractivity contribution in [3.63, 3.8) is 0 Å². The third kappa shape index (κ3) is 4.48. The average molecular weight is 388 g/mol. The van der Waals surface area contributed by atoms with Crippen molar-refractivity contribution in [2.75, 3.05) is 30.6 Å². The Morgan fingerprint density at radius 2 is 1.89 bits per heavy atom. The van der Waals surface area contributed by atoms with Gasteiger partial charge in [0.2, 0.25) is 10.0 Å². The molecule has 1 fully saturated rings. The maximum absolute atomic E-state index is 13.0. The van der Waals surface area contributed by atoms with E-state index >= 15 is 0 Å². The van der Waals surface area contributed by atoms with Gasteiger partial charge in [0.15, 0.2) is 0 Å². The van der Waals surface area contributed by atoms with Gasteiger partial charge in [-0.3, -0.25) is 9.52 Å². The number of benzene rings is 2. The molecule has 0 saturated carbocycles. The van der Waals surface area contributed by atoms with Crippen LogP contribution in [0.3, 0.4) is 0 Å². The normalized spacial score (nSPS) is 19.9. The summed E-state index contributed by atoms with van der Waals surface area (Å²) in [6, 6.07) is 15.2. The maximum atomic E-state index is 13.0. The van der Waals surface area contributed by atoms with Crippen molar-refractivity contribution in [1.82, 2.24) is 4.90 Å². The number of aryl methyl sites for hydroxylation is 1. The highest BCUT2D eigenvalue weighted by molar-refractivity contribution is 7.92. The molecule has 1 aliphatic rings. The number of rotatable bonds is 5. The lowest BCUT2D eigenvalue weighted by Crippen LogP contribution is -2.30. The summed E-state index contributed by atoms with van der Waals surface area (Å²) in [7, 11) is -3.41. The Labute approximate surface area is 160 Å². The second-order valence-electron chi connectivity index (χ2n) is 7.13. The topological polar surface area (TPSA) is 92.5 Å². The van der Waals surface area contributed by atoms with Crippen LogP contribution in [0.1, 0.15) is 27.4 Å². The van der Waals surface area contributed by atoms with Gasteiger partial charge in [-0.1, -0.05) is 36.4 Å². The molecule has 2 aromatic rings. The van der Waals surface area contributed by atoms with E-state index in [1.54, 1.807) is 25.1 Å². The average Bonchev–Trinajstić information content (AvgIpc) is 3.07. The Morgan fingerprint density at radius 1 is 1.19 bits per heavy atom. The lowest BCUT2D eigenvalue weighted by Gasteiger charge is -2.18. The lowest BCUT2D eigenvalue weighted by atomic mass is 9.89. The van der Waals surface area contributed by atoms with Gasteiger partial charge in [0.25, 0.3) is 5.91 Å². The SMILES string of the molecule is Cc1ccc(C(=O)N2C[C@@H](CN)[C@H](c3ccccc3)C2)cc1NS(C)(=O)=O. The van der Waals surface area contributed by atoms with Gasteiger partial charge < -0.3 is 10.6 Å². The molecule has 7 heteroatoms. The largest absolute Gasteiger partial charge is 0.338 e. The van der Waals surface area contributed by atoms with Gasteiger partial charge in [0.05, 0.1) is 11.9 Å². The molecule has 1 amide bonds. The number of carbonyl (C=O) groups is 1. The van der Waals surface area contributed by atoms with Crippen LogP contribution in [0.2, 0.25) is 0 Å². The van der Waals surface area contributed by atoms with Crippen LogP contribution in [-0.2, 0) is 10.0 Å². The van der Waals surface area contributed by atoms with Gasteiger partial charge in [-0.2, -0.15) is 0 Å². The molecular weight excluding hydrogens is 362 g/mol. The zero-order chi connectivity index (χ0) is 19.6. The monoisotopic (exact) mass is 387 g/mol.